The molecule has 1 fully saturated rings. The second kappa shape index (κ2) is 6.04. The Morgan fingerprint density at radius 2 is 1.79 bits per heavy atom. The highest BCUT2D eigenvalue weighted by Crippen LogP contribution is 2.38. The van der Waals surface area contributed by atoms with Gasteiger partial charge in [-0.1, -0.05) is 45.7 Å². The van der Waals surface area contributed by atoms with Crippen LogP contribution in [0.1, 0.15) is 59.3 Å². The van der Waals surface area contributed by atoms with E-state index in [1.807, 2.05) is 45.0 Å². The minimum Gasteiger partial charge on any atom is -0.338 e. The highest BCUT2D eigenvalue weighted by molar-refractivity contribution is 5.95. The molecule has 0 bridgehead atoms. The van der Waals surface area contributed by atoms with Gasteiger partial charge in [0.05, 0.1) is 0 Å². The van der Waals surface area contributed by atoms with E-state index < -0.39 is 0 Å². The molecule has 1 aliphatic carbocycles. The Kier molecular flexibility index (Phi) is 4.20. The summed E-state index contributed by atoms with van der Waals surface area (Å²) in [6.45, 7) is 8.16. The molecule has 1 saturated carbocycles. The van der Waals surface area contributed by atoms with Gasteiger partial charge in [0.2, 0.25) is 17.6 Å². The maximum Gasteiger partial charge on any atom is 0.232 e. The van der Waals surface area contributed by atoms with Crippen LogP contribution in [-0.2, 0) is 10.2 Å². The first-order valence-electron chi connectivity index (χ1n) is 8.54. The van der Waals surface area contributed by atoms with Gasteiger partial charge in [-0.3, -0.25) is 4.79 Å². The zero-order valence-electron chi connectivity index (χ0n) is 14.8. The van der Waals surface area contributed by atoms with Crippen molar-refractivity contribution in [3.63, 3.8) is 0 Å². The fraction of sp³-hybridized carbons (Fsp3) is 0.526. The first kappa shape index (κ1) is 16.7. The molecular formula is C19H25N3O2. The molecule has 0 unspecified atom stereocenters. The number of carbonyl (C=O) groups is 1. The van der Waals surface area contributed by atoms with Crippen LogP contribution in [0.2, 0.25) is 0 Å². The van der Waals surface area contributed by atoms with Gasteiger partial charge in [-0.2, -0.15) is 4.98 Å². The lowest BCUT2D eigenvalue weighted by molar-refractivity contribution is -0.124. The van der Waals surface area contributed by atoms with Gasteiger partial charge in [-0.05, 0) is 37.1 Å². The van der Waals surface area contributed by atoms with E-state index in [4.69, 9.17) is 4.52 Å². The lowest BCUT2D eigenvalue weighted by Gasteiger charge is -2.22. The van der Waals surface area contributed by atoms with Crippen LogP contribution in [0.25, 0.3) is 11.4 Å². The number of carbonyl (C=O) groups excluding carboxylic acids is 1. The predicted molar refractivity (Wildman–Crippen MR) is 93.6 cm³/mol. The zero-order valence-corrected chi connectivity index (χ0v) is 14.8. The van der Waals surface area contributed by atoms with Gasteiger partial charge in [0.25, 0.3) is 0 Å². The number of rotatable bonds is 3. The summed E-state index contributed by atoms with van der Waals surface area (Å²) in [6.07, 6.45) is 4.21. The smallest absolute Gasteiger partial charge is 0.232 e. The van der Waals surface area contributed by atoms with Crippen LogP contribution in [-0.4, -0.2) is 16.0 Å². The molecule has 3 rings (SSSR count). The third-order valence-electron chi connectivity index (χ3n) is 4.72. The van der Waals surface area contributed by atoms with Crippen molar-refractivity contribution in [2.75, 3.05) is 5.32 Å². The first-order chi connectivity index (χ1) is 11.3. The van der Waals surface area contributed by atoms with Crippen LogP contribution in [0, 0.1) is 5.41 Å². The van der Waals surface area contributed by atoms with Gasteiger partial charge in [-0.15, -0.1) is 0 Å². The summed E-state index contributed by atoms with van der Waals surface area (Å²) in [7, 11) is 0. The van der Waals surface area contributed by atoms with Crippen molar-refractivity contribution in [1.29, 1.82) is 0 Å². The third-order valence-corrected chi connectivity index (χ3v) is 4.72. The van der Waals surface area contributed by atoms with Crippen LogP contribution in [0.4, 0.5) is 5.69 Å². The summed E-state index contributed by atoms with van der Waals surface area (Å²) in [5.74, 6) is 1.30. The molecule has 128 valence electrons. The van der Waals surface area contributed by atoms with Crippen molar-refractivity contribution in [2.45, 2.75) is 58.8 Å². The highest BCUT2D eigenvalue weighted by atomic mass is 16.5. The highest BCUT2D eigenvalue weighted by Gasteiger charge is 2.36. The number of nitrogens with zero attached hydrogens (tertiary/aromatic N) is 2. The summed E-state index contributed by atoms with van der Waals surface area (Å²) in [5, 5.41) is 7.07. The van der Waals surface area contributed by atoms with Crippen LogP contribution in [0.5, 0.6) is 0 Å². The molecule has 0 radical (unpaired) electrons. The number of aromatic nitrogens is 2. The molecule has 1 aromatic carbocycles. The van der Waals surface area contributed by atoms with Gasteiger partial charge in [0, 0.05) is 22.1 Å². The van der Waals surface area contributed by atoms with Gasteiger partial charge < -0.3 is 9.84 Å². The van der Waals surface area contributed by atoms with E-state index in [1.54, 1.807) is 0 Å². The minimum atomic E-state index is -0.228. The summed E-state index contributed by atoms with van der Waals surface area (Å²) < 4.78 is 5.33. The van der Waals surface area contributed by atoms with Crippen LogP contribution in [0.15, 0.2) is 28.8 Å². The molecule has 1 heterocycles. The first-order valence-corrected chi connectivity index (χ1v) is 8.54. The van der Waals surface area contributed by atoms with Crippen molar-refractivity contribution in [1.82, 2.24) is 10.1 Å². The van der Waals surface area contributed by atoms with Crippen LogP contribution in [0.3, 0.4) is 0 Å². The summed E-state index contributed by atoms with van der Waals surface area (Å²) in [5.41, 5.74) is 1.28. The molecule has 1 amide bonds. The Balaban J connectivity index is 1.71. The molecule has 2 aromatic rings. The van der Waals surface area contributed by atoms with Gasteiger partial charge in [0.1, 0.15) is 0 Å². The normalized spacial score (nSPS) is 17.0. The lowest BCUT2D eigenvalue weighted by atomic mass is 9.88. The maximum absolute atomic E-state index is 12.5. The average molecular weight is 327 g/mol. The SMILES string of the molecule is CC1(C(=O)Nc2ccc(-c3noc(C(C)(C)C)n3)cc2)CCCC1. The summed E-state index contributed by atoms with van der Waals surface area (Å²) in [4.78, 5) is 16.9. The number of nitrogens with one attached hydrogen (secondary N) is 1. The molecule has 0 atom stereocenters. The predicted octanol–water partition coefficient (Wildman–Crippen LogP) is 4.55. The topological polar surface area (TPSA) is 68.0 Å². The summed E-state index contributed by atoms with van der Waals surface area (Å²) >= 11 is 0. The molecule has 1 aliphatic rings. The molecule has 0 spiro atoms. The zero-order chi connectivity index (χ0) is 17.4. The van der Waals surface area contributed by atoms with Gasteiger partial charge >= 0.3 is 0 Å². The van der Waals surface area contributed by atoms with Crippen molar-refractivity contribution in [3.05, 3.63) is 30.2 Å². The summed E-state index contributed by atoms with van der Waals surface area (Å²) in [6, 6.07) is 7.59. The number of anilines is 1. The third kappa shape index (κ3) is 3.35. The van der Waals surface area contributed by atoms with Crippen molar-refractivity contribution >= 4 is 11.6 Å². The van der Waals surface area contributed by atoms with Crippen molar-refractivity contribution in [3.8, 4) is 11.4 Å². The van der Waals surface area contributed by atoms with E-state index in [1.165, 1.54) is 0 Å². The average Bonchev–Trinajstić information content (AvgIpc) is 3.17. The number of hydrogen-bond acceptors (Lipinski definition) is 4. The fourth-order valence-corrected chi connectivity index (χ4v) is 3.01. The van der Waals surface area contributed by atoms with Crippen molar-refractivity contribution < 1.29 is 9.32 Å². The van der Waals surface area contributed by atoms with Gasteiger partial charge in [-0.25, -0.2) is 0 Å². The minimum absolute atomic E-state index is 0.113. The van der Waals surface area contributed by atoms with E-state index in [0.29, 0.717) is 11.7 Å². The van der Waals surface area contributed by atoms with E-state index in [-0.39, 0.29) is 16.7 Å². The monoisotopic (exact) mass is 327 g/mol. The largest absolute Gasteiger partial charge is 0.338 e. The Morgan fingerprint density at radius 3 is 2.33 bits per heavy atom. The molecule has 5 heteroatoms. The van der Waals surface area contributed by atoms with E-state index in [9.17, 15) is 4.79 Å². The van der Waals surface area contributed by atoms with Crippen molar-refractivity contribution in [2.24, 2.45) is 5.41 Å². The molecule has 5 nitrogen and oxygen atoms in total. The number of hydrogen-bond donors (Lipinski definition) is 1. The fourth-order valence-electron chi connectivity index (χ4n) is 3.01. The maximum atomic E-state index is 12.5. The Bertz CT molecular complexity index is 720. The molecular weight excluding hydrogens is 302 g/mol. The second-order valence-corrected chi connectivity index (χ2v) is 7.97. The Morgan fingerprint density at radius 1 is 1.17 bits per heavy atom. The Hall–Kier alpha value is -2.17. The van der Waals surface area contributed by atoms with Crippen LogP contribution >= 0.6 is 0 Å². The molecule has 0 aliphatic heterocycles. The molecule has 24 heavy (non-hydrogen) atoms. The second-order valence-electron chi connectivity index (χ2n) is 7.97. The lowest BCUT2D eigenvalue weighted by Crippen LogP contribution is -2.30. The quantitative estimate of drug-likeness (QED) is 0.897. The van der Waals surface area contributed by atoms with Gasteiger partial charge in [0.15, 0.2) is 0 Å². The van der Waals surface area contributed by atoms with E-state index >= 15 is 0 Å². The standard InChI is InChI=1S/C19H25N3O2/c1-18(2,3)17-21-15(22-24-17)13-7-9-14(10-8-13)20-16(23)19(4)11-5-6-12-19/h7-10H,5-6,11-12H2,1-4H3,(H,20,23). The van der Waals surface area contributed by atoms with Crippen LogP contribution < -0.4 is 5.32 Å². The molecule has 1 N–H and O–H groups in total. The molecule has 0 saturated heterocycles. The van der Waals surface area contributed by atoms with E-state index in [0.717, 1.165) is 36.9 Å². The molecule has 1 aromatic heterocycles. The van der Waals surface area contributed by atoms with E-state index in [2.05, 4.69) is 22.4 Å². The Labute approximate surface area is 142 Å². The number of amides is 1. The number of benzene rings is 1.